The van der Waals surface area contributed by atoms with Crippen molar-refractivity contribution in [2.24, 2.45) is 0 Å². The summed E-state index contributed by atoms with van der Waals surface area (Å²) in [5.41, 5.74) is 3.92. The predicted molar refractivity (Wildman–Crippen MR) is 96.0 cm³/mol. The van der Waals surface area contributed by atoms with Crippen molar-refractivity contribution in [2.75, 3.05) is 5.32 Å². The predicted octanol–water partition coefficient (Wildman–Crippen LogP) is 3.74. The van der Waals surface area contributed by atoms with Gasteiger partial charge in [-0.2, -0.15) is 0 Å². The van der Waals surface area contributed by atoms with Crippen molar-refractivity contribution in [2.45, 2.75) is 13.5 Å². The highest BCUT2D eigenvalue weighted by atomic mass is 79.9. The second kappa shape index (κ2) is 6.38. The molecule has 5 heteroatoms. The fourth-order valence-electron chi connectivity index (χ4n) is 2.54. The summed E-state index contributed by atoms with van der Waals surface area (Å²) in [5, 5.41) is 2.94. The minimum atomic E-state index is -0.0773. The standard InChI is InChI=1S/C18H16BrN3O/c1-3-21-12-22(17-7-5-4-6-16(17)21)11-18(23)20-15-9-8-13(2)10-14(15)19/h3-10,12H,1,11H2,2H3/p+1. The Labute approximate surface area is 143 Å². The van der Waals surface area contributed by atoms with E-state index in [4.69, 9.17) is 0 Å². The van der Waals surface area contributed by atoms with E-state index in [1.165, 1.54) is 0 Å². The van der Waals surface area contributed by atoms with Crippen LogP contribution in [0.25, 0.3) is 17.2 Å². The molecule has 2 aromatic carbocycles. The zero-order valence-corrected chi connectivity index (χ0v) is 14.4. The van der Waals surface area contributed by atoms with E-state index in [2.05, 4.69) is 27.8 Å². The molecule has 0 bridgehead atoms. The summed E-state index contributed by atoms with van der Waals surface area (Å²) in [4.78, 5) is 12.4. The molecule has 0 aliphatic rings. The number of imidazole rings is 1. The topological polar surface area (TPSA) is 37.9 Å². The molecule has 0 radical (unpaired) electrons. The molecule has 4 nitrogen and oxygen atoms in total. The van der Waals surface area contributed by atoms with Crippen LogP contribution >= 0.6 is 15.9 Å². The van der Waals surface area contributed by atoms with Crippen LogP contribution in [0.1, 0.15) is 5.56 Å². The number of aryl methyl sites for hydroxylation is 1. The molecule has 116 valence electrons. The summed E-state index contributed by atoms with van der Waals surface area (Å²) >= 11 is 3.48. The lowest BCUT2D eigenvalue weighted by Crippen LogP contribution is -2.39. The zero-order valence-electron chi connectivity index (χ0n) is 12.8. The van der Waals surface area contributed by atoms with Crippen LogP contribution in [0.15, 0.2) is 59.8 Å². The molecule has 1 heterocycles. The van der Waals surface area contributed by atoms with Crippen molar-refractivity contribution in [1.82, 2.24) is 4.57 Å². The fourth-order valence-corrected chi connectivity index (χ4v) is 3.13. The third kappa shape index (κ3) is 3.19. The van der Waals surface area contributed by atoms with Crippen molar-refractivity contribution in [3.63, 3.8) is 0 Å². The van der Waals surface area contributed by atoms with Crippen molar-refractivity contribution < 1.29 is 9.36 Å². The van der Waals surface area contributed by atoms with Crippen molar-refractivity contribution in [3.05, 3.63) is 65.4 Å². The number of carbonyl (C=O) groups is 1. The van der Waals surface area contributed by atoms with Gasteiger partial charge < -0.3 is 5.32 Å². The number of benzene rings is 2. The van der Waals surface area contributed by atoms with Gasteiger partial charge in [0.25, 0.3) is 5.91 Å². The number of halogens is 1. The molecule has 0 unspecified atom stereocenters. The van der Waals surface area contributed by atoms with Gasteiger partial charge in [0.15, 0.2) is 17.6 Å². The summed E-state index contributed by atoms with van der Waals surface area (Å²) in [6, 6.07) is 13.8. The molecule has 1 aromatic heterocycles. The summed E-state index contributed by atoms with van der Waals surface area (Å²) in [5.74, 6) is -0.0773. The third-order valence-electron chi connectivity index (χ3n) is 3.64. The maximum Gasteiger partial charge on any atom is 0.266 e. The molecule has 3 aromatic rings. The van der Waals surface area contributed by atoms with Crippen molar-refractivity contribution in [3.8, 4) is 0 Å². The fraction of sp³-hybridized carbons (Fsp3) is 0.111. The average molecular weight is 371 g/mol. The minimum absolute atomic E-state index is 0.0773. The van der Waals surface area contributed by atoms with Crippen molar-refractivity contribution >= 4 is 44.8 Å². The highest BCUT2D eigenvalue weighted by Gasteiger charge is 2.16. The van der Waals surface area contributed by atoms with Crippen molar-refractivity contribution in [1.29, 1.82) is 0 Å². The second-order valence-corrected chi connectivity index (χ2v) is 6.21. The minimum Gasteiger partial charge on any atom is -0.322 e. The molecular formula is C18H17BrN3O+. The monoisotopic (exact) mass is 370 g/mol. The molecule has 0 atom stereocenters. The first kappa shape index (κ1) is 15.5. The van der Waals surface area contributed by atoms with E-state index < -0.39 is 0 Å². The van der Waals surface area contributed by atoms with E-state index in [9.17, 15) is 4.79 Å². The number of hydrogen-bond acceptors (Lipinski definition) is 1. The summed E-state index contributed by atoms with van der Waals surface area (Å²) in [6.07, 6.45) is 3.61. The van der Waals surface area contributed by atoms with E-state index >= 15 is 0 Å². The number of amides is 1. The van der Waals surface area contributed by atoms with Crippen LogP contribution in [0.5, 0.6) is 0 Å². The lowest BCUT2D eigenvalue weighted by molar-refractivity contribution is -0.658. The van der Waals surface area contributed by atoms with Gasteiger partial charge in [0.1, 0.15) is 0 Å². The number of nitrogens with zero attached hydrogens (tertiary/aromatic N) is 2. The van der Waals surface area contributed by atoms with Gasteiger partial charge in [-0.1, -0.05) is 24.8 Å². The first-order chi connectivity index (χ1) is 11.1. The van der Waals surface area contributed by atoms with Crippen LogP contribution in [0.2, 0.25) is 0 Å². The van der Waals surface area contributed by atoms with Crippen LogP contribution in [0, 0.1) is 6.92 Å². The van der Waals surface area contributed by atoms with E-state index in [0.29, 0.717) is 0 Å². The average Bonchev–Trinajstić information content (AvgIpc) is 2.88. The van der Waals surface area contributed by atoms with E-state index in [1.807, 2.05) is 64.8 Å². The molecule has 0 aliphatic heterocycles. The molecule has 0 saturated carbocycles. The van der Waals surface area contributed by atoms with Gasteiger partial charge in [-0.3, -0.25) is 4.79 Å². The second-order valence-electron chi connectivity index (χ2n) is 5.35. The summed E-state index contributed by atoms with van der Waals surface area (Å²) in [6.45, 7) is 6.05. The zero-order chi connectivity index (χ0) is 16.4. The SMILES string of the molecule is C=Cn1c[n+](CC(=O)Nc2ccc(C)cc2Br)c2ccccc21. The molecular weight excluding hydrogens is 354 g/mol. The highest BCUT2D eigenvalue weighted by molar-refractivity contribution is 9.10. The lowest BCUT2D eigenvalue weighted by atomic mass is 10.2. The number of nitrogens with one attached hydrogen (secondary N) is 1. The van der Waals surface area contributed by atoms with E-state index in [-0.39, 0.29) is 12.5 Å². The number of carbonyl (C=O) groups excluding carboxylic acids is 1. The summed E-state index contributed by atoms with van der Waals surface area (Å²) < 4.78 is 4.70. The third-order valence-corrected chi connectivity index (χ3v) is 4.30. The first-order valence-corrected chi connectivity index (χ1v) is 8.05. The van der Waals surface area contributed by atoms with Crippen LogP contribution in [0.3, 0.4) is 0 Å². The van der Waals surface area contributed by atoms with Crippen LogP contribution < -0.4 is 9.88 Å². The Kier molecular flexibility index (Phi) is 4.30. The number of para-hydroxylation sites is 2. The lowest BCUT2D eigenvalue weighted by Gasteiger charge is -2.07. The molecule has 0 aliphatic carbocycles. The normalized spacial score (nSPS) is 10.7. The van der Waals surface area contributed by atoms with Crippen LogP contribution in [-0.2, 0) is 11.3 Å². The Hall–Kier alpha value is -2.40. The van der Waals surface area contributed by atoms with Gasteiger partial charge in [0.05, 0.1) is 11.9 Å². The largest absolute Gasteiger partial charge is 0.322 e. The van der Waals surface area contributed by atoms with Gasteiger partial charge in [-0.25, -0.2) is 9.13 Å². The smallest absolute Gasteiger partial charge is 0.266 e. The van der Waals surface area contributed by atoms with Crippen LogP contribution in [-0.4, -0.2) is 10.5 Å². The van der Waals surface area contributed by atoms with E-state index in [1.54, 1.807) is 6.20 Å². The Morgan fingerprint density at radius 2 is 2.13 bits per heavy atom. The van der Waals surface area contributed by atoms with Gasteiger partial charge in [0, 0.05) is 4.47 Å². The maximum absolute atomic E-state index is 12.4. The molecule has 23 heavy (non-hydrogen) atoms. The number of hydrogen-bond donors (Lipinski definition) is 1. The number of anilines is 1. The summed E-state index contributed by atoms with van der Waals surface area (Å²) in [7, 11) is 0. The van der Waals surface area contributed by atoms with E-state index in [0.717, 1.165) is 26.8 Å². The molecule has 0 fully saturated rings. The molecule has 1 N–H and O–H groups in total. The Bertz CT molecular complexity index is 898. The van der Waals surface area contributed by atoms with Gasteiger partial charge in [-0.15, -0.1) is 0 Å². The highest BCUT2D eigenvalue weighted by Crippen LogP contribution is 2.23. The number of rotatable bonds is 4. The Morgan fingerprint density at radius 3 is 2.87 bits per heavy atom. The molecule has 1 amide bonds. The molecule has 0 saturated heterocycles. The van der Waals surface area contributed by atoms with Crippen LogP contribution in [0.4, 0.5) is 5.69 Å². The first-order valence-electron chi connectivity index (χ1n) is 7.26. The quantitative estimate of drug-likeness (QED) is 0.698. The van der Waals surface area contributed by atoms with Gasteiger partial charge in [-0.05, 0) is 52.7 Å². The Balaban J connectivity index is 1.84. The number of aromatic nitrogens is 2. The molecule has 0 spiro atoms. The van der Waals surface area contributed by atoms with Gasteiger partial charge in [0.2, 0.25) is 6.33 Å². The Morgan fingerprint density at radius 1 is 1.35 bits per heavy atom. The maximum atomic E-state index is 12.4. The number of fused-ring (bicyclic) bond motifs is 1. The van der Waals surface area contributed by atoms with Gasteiger partial charge >= 0.3 is 0 Å². The molecule has 3 rings (SSSR count).